The molecule has 46 heavy (non-hydrogen) atoms. The molecule has 0 fully saturated rings. The van der Waals surface area contributed by atoms with Crippen LogP contribution in [0.4, 0.5) is 28.4 Å². The molecule has 0 unspecified atom stereocenters. The summed E-state index contributed by atoms with van der Waals surface area (Å²) in [6, 6.07) is 28.0. The van der Waals surface area contributed by atoms with Gasteiger partial charge in [0.25, 0.3) is 0 Å². The molecule has 0 atom stereocenters. The Labute approximate surface area is 281 Å². The van der Waals surface area contributed by atoms with E-state index in [1.54, 1.807) is 0 Å². The second-order valence-corrected chi connectivity index (χ2v) is 13.9. The fraction of sp³-hybridized carbons (Fsp3) is 0.300. The van der Waals surface area contributed by atoms with Crippen molar-refractivity contribution in [2.24, 2.45) is 0 Å². The van der Waals surface area contributed by atoms with Crippen molar-refractivity contribution in [2.45, 2.75) is 53.9 Å². The molecule has 3 aliphatic heterocycles. The standard InChI is InChI=1S/C40H44N6/c1-25-27(3)43(23-41(25)8)30-17-18-36-38(22-30)45(37-16-12-14-34-33-13-10-11-15-35(33)46(36)39(34)37)32-20-29(40(5,6)7)19-31(21-32)44-24-42(9)26(2)28(44)4/h10-22H,23-24H2,1-9H3/i8D3,9D3. The fourth-order valence-corrected chi connectivity index (χ4v) is 7.24. The van der Waals surface area contributed by atoms with Gasteiger partial charge in [-0.1, -0.05) is 51.1 Å². The van der Waals surface area contributed by atoms with Gasteiger partial charge in [0.15, 0.2) is 0 Å². The summed E-state index contributed by atoms with van der Waals surface area (Å²) in [4.78, 5) is 9.47. The van der Waals surface area contributed by atoms with Crippen LogP contribution in [0.1, 0.15) is 62.3 Å². The predicted octanol–water partition coefficient (Wildman–Crippen LogP) is 9.79. The molecule has 8 rings (SSSR count). The maximum atomic E-state index is 8.22. The number of aromatic nitrogens is 1. The van der Waals surface area contributed by atoms with E-state index in [1.165, 1.54) is 15.2 Å². The number of nitrogens with zero attached hydrogens (tertiary/aromatic N) is 6. The summed E-state index contributed by atoms with van der Waals surface area (Å²) < 4.78 is 51.5. The number of rotatable bonds is 3. The lowest BCUT2D eigenvalue weighted by molar-refractivity contribution is 0.459. The van der Waals surface area contributed by atoms with Crippen molar-refractivity contribution in [2.75, 3.05) is 42.0 Å². The molecular weight excluding hydrogens is 564 g/mol. The molecule has 5 aromatic rings. The first kappa shape index (κ1) is 22.6. The zero-order valence-corrected chi connectivity index (χ0v) is 27.6. The molecule has 0 saturated heterocycles. The van der Waals surface area contributed by atoms with Crippen molar-refractivity contribution in [1.82, 2.24) is 14.4 Å². The normalized spacial score (nSPS) is 19.2. The monoisotopic (exact) mass is 614 g/mol. The Morgan fingerprint density at radius 1 is 0.587 bits per heavy atom. The Hall–Kier alpha value is -4.84. The van der Waals surface area contributed by atoms with Gasteiger partial charge in [-0.05, 0) is 87.2 Å². The highest BCUT2D eigenvalue weighted by molar-refractivity contribution is 6.16. The average molecular weight is 615 g/mol. The van der Waals surface area contributed by atoms with Gasteiger partial charge in [0, 0.05) is 72.8 Å². The van der Waals surface area contributed by atoms with Crippen LogP contribution < -0.4 is 14.7 Å². The van der Waals surface area contributed by atoms with Crippen molar-refractivity contribution >= 4 is 50.2 Å². The molecule has 4 heterocycles. The Balaban J connectivity index is 1.38. The van der Waals surface area contributed by atoms with Crippen molar-refractivity contribution < 1.29 is 8.22 Å². The Kier molecular flexibility index (Phi) is 4.84. The van der Waals surface area contributed by atoms with Gasteiger partial charge in [-0.3, -0.25) is 0 Å². The van der Waals surface area contributed by atoms with E-state index in [0.29, 0.717) is 0 Å². The van der Waals surface area contributed by atoms with Crippen LogP contribution in [0.3, 0.4) is 0 Å². The van der Waals surface area contributed by atoms with E-state index in [2.05, 4.69) is 119 Å². The first-order valence-electron chi connectivity index (χ1n) is 18.9. The smallest absolute Gasteiger partial charge is 0.0943 e. The predicted molar refractivity (Wildman–Crippen MR) is 195 cm³/mol. The van der Waals surface area contributed by atoms with Gasteiger partial charge >= 0.3 is 0 Å². The molecule has 4 aromatic carbocycles. The molecule has 1 aromatic heterocycles. The maximum absolute atomic E-state index is 8.22. The summed E-state index contributed by atoms with van der Waals surface area (Å²) in [6.07, 6.45) is 0. The van der Waals surface area contributed by atoms with E-state index in [9.17, 15) is 0 Å². The summed E-state index contributed by atoms with van der Waals surface area (Å²) in [6.45, 7) is 10.3. The van der Waals surface area contributed by atoms with Gasteiger partial charge in [-0.15, -0.1) is 0 Å². The fourth-order valence-electron chi connectivity index (χ4n) is 7.24. The topological polar surface area (TPSA) is 21.1 Å². The SMILES string of the molecule is [2H]C([2H])([2H])N1CN(c2cc(N3c4cc(N5CN(C([2H])([2H])[2H])C(C)=C5C)ccc4-n4c5ccccc5c5cccc3c54)cc(C(C)(C)C)c2)C(C)=C1C. The van der Waals surface area contributed by atoms with E-state index in [0.717, 1.165) is 78.9 Å². The van der Waals surface area contributed by atoms with E-state index >= 15 is 0 Å². The van der Waals surface area contributed by atoms with Gasteiger partial charge in [0.2, 0.25) is 0 Å². The minimum absolute atomic E-state index is 0.212. The summed E-state index contributed by atoms with van der Waals surface area (Å²) in [5.41, 5.74) is 12.2. The highest BCUT2D eigenvalue weighted by atomic mass is 15.4. The molecule has 0 aliphatic carbocycles. The van der Waals surface area contributed by atoms with Crippen LogP contribution in [-0.4, -0.2) is 41.7 Å². The largest absolute Gasteiger partial charge is 0.359 e. The third-order valence-corrected chi connectivity index (χ3v) is 10.2. The first-order chi connectivity index (χ1) is 24.4. The minimum atomic E-state index is -2.26. The van der Waals surface area contributed by atoms with E-state index in [-0.39, 0.29) is 18.8 Å². The van der Waals surface area contributed by atoms with Crippen molar-refractivity contribution in [3.8, 4) is 5.69 Å². The molecule has 0 amide bonds. The van der Waals surface area contributed by atoms with E-state index < -0.39 is 14.0 Å². The van der Waals surface area contributed by atoms with Gasteiger partial charge < -0.3 is 29.1 Å². The lowest BCUT2D eigenvalue weighted by Crippen LogP contribution is -2.26. The summed E-state index contributed by atoms with van der Waals surface area (Å²) in [5.74, 6) is 0. The number of para-hydroxylation sites is 2. The van der Waals surface area contributed by atoms with Crippen LogP contribution in [0.15, 0.2) is 102 Å². The first-order valence-corrected chi connectivity index (χ1v) is 15.9. The zero-order valence-electron chi connectivity index (χ0n) is 33.6. The summed E-state index contributed by atoms with van der Waals surface area (Å²) >= 11 is 0. The average Bonchev–Trinajstić information content (AvgIpc) is 3.69. The second kappa shape index (κ2) is 9.83. The number of hydrogen-bond acceptors (Lipinski definition) is 5. The number of fused-ring (bicyclic) bond motifs is 5. The molecule has 0 N–H and O–H groups in total. The molecule has 0 radical (unpaired) electrons. The summed E-state index contributed by atoms with van der Waals surface area (Å²) in [5, 5.41) is 2.32. The minimum Gasteiger partial charge on any atom is -0.359 e. The lowest BCUT2D eigenvalue weighted by atomic mass is 9.86. The van der Waals surface area contributed by atoms with Crippen molar-refractivity contribution in [3.05, 3.63) is 107 Å². The number of anilines is 5. The number of allylic oxidation sites excluding steroid dienone is 4. The van der Waals surface area contributed by atoms with Crippen LogP contribution in [0.2, 0.25) is 0 Å². The van der Waals surface area contributed by atoms with Crippen LogP contribution in [0, 0.1) is 0 Å². The number of hydrogen-bond donors (Lipinski definition) is 0. The van der Waals surface area contributed by atoms with Crippen LogP contribution >= 0.6 is 0 Å². The van der Waals surface area contributed by atoms with E-state index in [4.69, 9.17) is 8.22 Å². The van der Waals surface area contributed by atoms with Crippen LogP contribution in [-0.2, 0) is 5.41 Å². The quantitative estimate of drug-likeness (QED) is 0.197. The molecule has 0 spiro atoms. The number of benzene rings is 4. The molecule has 0 bridgehead atoms. The van der Waals surface area contributed by atoms with Crippen molar-refractivity contribution in [1.29, 1.82) is 0 Å². The van der Waals surface area contributed by atoms with Gasteiger partial charge in [-0.25, -0.2) is 0 Å². The molecule has 234 valence electrons. The van der Waals surface area contributed by atoms with Gasteiger partial charge in [0.1, 0.15) is 0 Å². The van der Waals surface area contributed by atoms with Gasteiger partial charge in [0.05, 0.1) is 41.4 Å². The molecule has 6 nitrogen and oxygen atoms in total. The molecule has 3 aliphatic rings. The third-order valence-electron chi connectivity index (χ3n) is 10.2. The van der Waals surface area contributed by atoms with Crippen molar-refractivity contribution in [3.63, 3.8) is 0 Å². The molecular formula is C40H44N6. The molecule has 6 heteroatoms. The van der Waals surface area contributed by atoms with Gasteiger partial charge in [-0.2, -0.15) is 0 Å². The Morgan fingerprint density at radius 2 is 1.24 bits per heavy atom. The highest BCUT2D eigenvalue weighted by Crippen LogP contribution is 2.52. The second-order valence-electron chi connectivity index (χ2n) is 13.9. The molecule has 0 saturated carbocycles. The zero-order chi connectivity index (χ0) is 37.2. The van der Waals surface area contributed by atoms with Crippen LogP contribution in [0.5, 0.6) is 0 Å². The maximum Gasteiger partial charge on any atom is 0.0943 e. The Bertz CT molecular complexity index is 2360. The summed E-state index contributed by atoms with van der Waals surface area (Å²) in [7, 11) is 0. The Morgan fingerprint density at radius 3 is 1.91 bits per heavy atom. The van der Waals surface area contributed by atoms with E-state index in [1.807, 2.05) is 27.7 Å². The highest BCUT2D eigenvalue weighted by Gasteiger charge is 2.32. The van der Waals surface area contributed by atoms with Crippen LogP contribution in [0.25, 0.3) is 27.5 Å². The lowest BCUT2D eigenvalue weighted by Gasteiger charge is -2.36. The third kappa shape index (κ3) is 4.02.